The van der Waals surface area contributed by atoms with E-state index >= 15 is 0 Å². The molecule has 5 rings (SSSR count). The molecule has 39 heavy (non-hydrogen) atoms. The van der Waals surface area contributed by atoms with Gasteiger partial charge < -0.3 is 15.4 Å². The Kier molecular flexibility index (Phi) is 6.95. The Labute approximate surface area is 223 Å². The standard InChI is InChI=1S/C25H26F2N6O5S/c1-25(2)13-33(39(36,37)16-10-14(26)9-15(27)11-16)12-17-21(25)31-32-22(17)30-24(35)20-18(5-3-7-28-20)29-23(34)19-6-4-8-38-19/h3,5,7,9-11,19H,4,6,8,12-13H2,1-2H3,(H,29,34)(H2,30,31,32,35)/t19-/m1/s1. The minimum absolute atomic E-state index is 0.00426. The summed E-state index contributed by atoms with van der Waals surface area (Å²) in [6, 6.07) is 5.21. The minimum Gasteiger partial charge on any atom is -0.368 e. The number of aromatic nitrogens is 3. The molecule has 11 nitrogen and oxygen atoms in total. The van der Waals surface area contributed by atoms with Gasteiger partial charge in [0.15, 0.2) is 11.5 Å². The van der Waals surface area contributed by atoms with E-state index in [1.807, 2.05) is 0 Å². The molecule has 0 aliphatic carbocycles. The average molecular weight is 561 g/mol. The predicted molar refractivity (Wildman–Crippen MR) is 135 cm³/mol. The Balaban J connectivity index is 1.41. The largest absolute Gasteiger partial charge is 0.368 e. The summed E-state index contributed by atoms with van der Waals surface area (Å²) in [5, 5.41) is 12.4. The maximum absolute atomic E-state index is 13.8. The second kappa shape index (κ2) is 10.1. The Morgan fingerprint density at radius 1 is 1.18 bits per heavy atom. The molecular weight excluding hydrogens is 534 g/mol. The van der Waals surface area contributed by atoms with E-state index in [2.05, 4.69) is 25.8 Å². The fourth-order valence-corrected chi connectivity index (χ4v) is 6.40. The molecule has 1 aromatic carbocycles. The number of nitrogens with one attached hydrogen (secondary N) is 3. The normalized spacial score (nSPS) is 18.9. The first-order valence-electron chi connectivity index (χ1n) is 12.2. The van der Waals surface area contributed by atoms with Crippen LogP contribution in [-0.4, -0.2) is 59.0 Å². The number of carbonyl (C=O) groups is 2. The van der Waals surface area contributed by atoms with Crippen LogP contribution in [0.5, 0.6) is 0 Å². The highest BCUT2D eigenvalue weighted by atomic mass is 32.2. The van der Waals surface area contributed by atoms with Gasteiger partial charge in [-0.3, -0.25) is 14.7 Å². The van der Waals surface area contributed by atoms with Crippen LogP contribution in [-0.2, 0) is 31.5 Å². The van der Waals surface area contributed by atoms with Crippen LogP contribution in [0.4, 0.5) is 20.3 Å². The van der Waals surface area contributed by atoms with Gasteiger partial charge >= 0.3 is 0 Å². The maximum Gasteiger partial charge on any atom is 0.277 e. The number of amides is 2. The number of nitrogens with zero attached hydrogens (tertiary/aromatic N) is 3. The second-order valence-electron chi connectivity index (χ2n) is 10.0. The lowest BCUT2D eigenvalue weighted by Crippen LogP contribution is -2.45. The average Bonchev–Trinajstić information content (AvgIpc) is 3.55. The molecule has 2 aliphatic rings. The Hall–Kier alpha value is -3.75. The van der Waals surface area contributed by atoms with Gasteiger partial charge in [0, 0.05) is 48.6 Å². The lowest BCUT2D eigenvalue weighted by Gasteiger charge is -2.36. The Bertz CT molecular complexity index is 1530. The van der Waals surface area contributed by atoms with E-state index < -0.39 is 44.0 Å². The number of carbonyl (C=O) groups excluding carboxylic acids is 2. The monoisotopic (exact) mass is 560 g/mol. The van der Waals surface area contributed by atoms with Gasteiger partial charge in [0.05, 0.1) is 10.6 Å². The fraction of sp³-hybridized carbons (Fsp3) is 0.360. The highest BCUT2D eigenvalue weighted by Gasteiger charge is 2.41. The molecule has 3 N–H and O–H groups in total. The number of anilines is 2. The third-order valence-electron chi connectivity index (χ3n) is 6.66. The van der Waals surface area contributed by atoms with Crippen molar-refractivity contribution >= 4 is 33.3 Å². The van der Waals surface area contributed by atoms with E-state index in [4.69, 9.17) is 4.74 Å². The van der Waals surface area contributed by atoms with Crippen molar-refractivity contribution in [1.29, 1.82) is 0 Å². The molecule has 0 unspecified atom stereocenters. The summed E-state index contributed by atoms with van der Waals surface area (Å²) in [4.78, 5) is 29.4. The molecule has 3 aromatic rings. The summed E-state index contributed by atoms with van der Waals surface area (Å²) < 4.78 is 60.8. The number of H-pyrrole nitrogens is 1. The summed E-state index contributed by atoms with van der Waals surface area (Å²) in [5.74, 6) is -3.03. The van der Waals surface area contributed by atoms with Crippen molar-refractivity contribution in [2.45, 2.75) is 49.6 Å². The quantitative estimate of drug-likeness (QED) is 0.420. The smallest absolute Gasteiger partial charge is 0.277 e. The number of sulfonamides is 1. The number of aromatic amines is 1. The van der Waals surface area contributed by atoms with Gasteiger partial charge in [0.2, 0.25) is 10.0 Å². The van der Waals surface area contributed by atoms with E-state index in [0.29, 0.717) is 30.4 Å². The minimum atomic E-state index is -4.30. The zero-order valence-electron chi connectivity index (χ0n) is 21.1. The summed E-state index contributed by atoms with van der Waals surface area (Å²) in [6.45, 7) is 3.83. The van der Waals surface area contributed by atoms with Crippen molar-refractivity contribution in [2.75, 3.05) is 23.8 Å². The summed E-state index contributed by atoms with van der Waals surface area (Å²) >= 11 is 0. The number of pyridine rings is 1. The van der Waals surface area contributed by atoms with Crippen LogP contribution in [0.15, 0.2) is 41.4 Å². The number of benzene rings is 1. The van der Waals surface area contributed by atoms with Gasteiger partial charge in [0.1, 0.15) is 17.7 Å². The van der Waals surface area contributed by atoms with Crippen molar-refractivity contribution in [2.24, 2.45) is 0 Å². The molecule has 1 atom stereocenters. The highest BCUT2D eigenvalue weighted by Crippen LogP contribution is 2.38. The molecule has 0 spiro atoms. The first kappa shape index (κ1) is 26.8. The van der Waals surface area contributed by atoms with Crippen molar-refractivity contribution < 1.29 is 31.5 Å². The third-order valence-corrected chi connectivity index (χ3v) is 8.43. The lowest BCUT2D eigenvalue weighted by molar-refractivity contribution is -0.124. The molecule has 2 aromatic heterocycles. The van der Waals surface area contributed by atoms with Crippen LogP contribution in [0.3, 0.4) is 0 Å². The van der Waals surface area contributed by atoms with Gasteiger partial charge in [0.25, 0.3) is 11.8 Å². The number of fused-ring (bicyclic) bond motifs is 1. The molecule has 1 fully saturated rings. The van der Waals surface area contributed by atoms with E-state index in [1.165, 1.54) is 12.3 Å². The van der Waals surface area contributed by atoms with Crippen molar-refractivity contribution in [3.63, 3.8) is 0 Å². The van der Waals surface area contributed by atoms with Gasteiger partial charge in [-0.15, -0.1) is 0 Å². The second-order valence-corrected chi connectivity index (χ2v) is 12.0. The first-order valence-corrected chi connectivity index (χ1v) is 13.6. The highest BCUT2D eigenvalue weighted by molar-refractivity contribution is 7.89. The summed E-state index contributed by atoms with van der Waals surface area (Å²) in [5.41, 5.74) is 0.310. The molecule has 2 amide bonds. The van der Waals surface area contributed by atoms with Crippen LogP contribution in [0.1, 0.15) is 48.4 Å². The molecule has 1 saturated heterocycles. The van der Waals surface area contributed by atoms with E-state index in [0.717, 1.165) is 22.9 Å². The van der Waals surface area contributed by atoms with Gasteiger partial charge in [-0.25, -0.2) is 22.2 Å². The van der Waals surface area contributed by atoms with Crippen LogP contribution >= 0.6 is 0 Å². The van der Waals surface area contributed by atoms with Crippen molar-refractivity contribution in [1.82, 2.24) is 19.5 Å². The number of ether oxygens (including phenoxy) is 1. The molecule has 0 bridgehead atoms. The van der Waals surface area contributed by atoms with Gasteiger partial charge in [-0.05, 0) is 37.1 Å². The molecule has 2 aliphatic heterocycles. The summed E-state index contributed by atoms with van der Waals surface area (Å²) in [6.07, 6.45) is 2.12. The molecule has 0 saturated carbocycles. The van der Waals surface area contributed by atoms with Crippen LogP contribution in [0.2, 0.25) is 0 Å². The molecule has 14 heteroatoms. The number of hydrogen-bond acceptors (Lipinski definition) is 7. The zero-order valence-corrected chi connectivity index (χ0v) is 21.9. The summed E-state index contributed by atoms with van der Waals surface area (Å²) in [7, 11) is -4.30. The predicted octanol–water partition coefficient (Wildman–Crippen LogP) is 2.93. The molecule has 4 heterocycles. The molecular formula is C25H26F2N6O5S. The van der Waals surface area contributed by atoms with Crippen molar-refractivity contribution in [3.05, 3.63) is 65.1 Å². The number of halogens is 2. The maximum atomic E-state index is 13.8. The van der Waals surface area contributed by atoms with Crippen LogP contribution in [0.25, 0.3) is 0 Å². The van der Waals surface area contributed by atoms with E-state index in [1.54, 1.807) is 19.9 Å². The van der Waals surface area contributed by atoms with Gasteiger partial charge in [-0.2, -0.15) is 9.40 Å². The first-order chi connectivity index (χ1) is 18.5. The Morgan fingerprint density at radius 3 is 2.62 bits per heavy atom. The third kappa shape index (κ3) is 5.27. The molecule has 206 valence electrons. The topological polar surface area (TPSA) is 146 Å². The zero-order chi connectivity index (χ0) is 27.9. The van der Waals surface area contributed by atoms with E-state index in [9.17, 15) is 26.8 Å². The van der Waals surface area contributed by atoms with Gasteiger partial charge in [-0.1, -0.05) is 13.8 Å². The fourth-order valence-electron chi connectivity index (χ4n) is 4.78. The van der Waals surface area contributed by atoms with Crippen molar-refractivity contribution in [3.8, 4) is 0 Å². The number of hydrogen-bond donors (Lipinski definition) is 3. The SMILES string of the molecule is CC1(C)CN(S(=O)(=O)c2cc(F)cc(F)c2)Cc2c(NC(=O)c3ncccc3NC(=O)[C@H]3CCCO3)n[nH]c21. The number of rotatable bonds is 6. The van der Waals surface area contributed by atoms with Crippen LogP contribution < -0.4 is 10.6 Å². The Morgan fingerprint density at radius 2 is 1.92 bits per heavy atom. The molecule has 0 radical (unpaired) electrons. The van der Waals surface area contributed by atoms with Crippen LogP contribution in [0, 0.1) is 11.6 Å². The lowest BCUT2D eigenvalue weighted by atomic mass is 9.84. The van der Waals surface area contributed by atoms with E-state index in [-0.39, 0.29) is 36.2 Å².